The van der Waals surface area contributed by atoms with Crippen LogP contribution in [0.4, 0.5) is 0 Å². The number of likely N-dealkylation sites (tertiary alicyclic amines) is 1. The molecule has 0 spiro atoms. The molecular weight excluding hydrogens is 230 g/mol. The number of rotatable bonds is 3. The van der Waals surface area contributed by atoms with Crippen LogP contribution in [0.3, 0.4) is 0 Å². The van der Waals surface area contributed by atoms with Crippen molar-refractivity contribution >= 4 is 5.91 Å². The highest BCUT2D eigenvalue weighted by Crippen LogP contribution is 2.28. The summed E-state index contributed by atoms with van der Waals surface area (Å²) in [6.07, 6.45) is 3.48. The smallest absolute Gasteiger partial charge is 0.222 e. The van der Waals surface area contributed by atoms with Crippen molar-refractivity contribution in [1.82, 2.24) is 4.90 Å². The number of hydrogen-bond donors (Lipinski definition) is 1. The van der Waals surface area contributed by atoms with Gasteiger partial charge in [-0.05, 0) is 44.9 Å². The summed E-state index contributed by atoms with van der Waals surface area (Å²) < 4.78 is 5.30. The zero-order chi connectivity index (χ0) is 13.2. The van der Waals surface area contributed by atoms with Crippen molar-refractivity contribution in [2.45, 2.75) is 45.1 Å². The molecule has 1 N–H and O–H groups in total. The third-order valence-corrected chi connectivity index (χ3v) is 4.33. The monoisotopic (exact) mass is 255 g/mol. The fraction of sp³-hybridized carbons (Fsp3) is 0.929. The quantitative estimate of drug-likeness (QED) is 0.830. The van der Waals surface area contributed by atoms with E-state index >= 15 is 0 Å². The Morgan fingerprint density at radius 3 is 2.50 bits per heavy atom. The number of piperidine rings is 1. The van der Waals surface area contributed by atoms with Gasteiger partial charge >= 0.3 is 0 Å². The first kappa shape index (κ1) is 13.8. The molecule has 2 rings (SSSR count). The molecule has 104 valence electrons. The van der Waals surface area contributed by atoms with Crippen molar-refractivity contribution in [3.63, 3.8) is 0 Å². The molecule has 2 saturated heterocycles. The summed E-state index contributed by atoms with van der Waals surface area (Å²) in [5, 5.41) is 9.98. The Hall–Kier alpha value is -0.610. The van der Waals surface area contributed by atoms with E-state index < -0.39 is 5.60 Å². The number of aliphatic hydroxyl groups is 1. The lowest BCUT2D eigenvalue weighted by Crippen LogP contribution is -2.44. The van der Waals surface area contributed by atoms with Crippen molar-refractivity contribution in [3.05, 3.63) is 0 Å². The van der Waals surface area contributed by atoms with E-state index in [0.717, 1.165) is 45.6 Å². The van der Waals surface area contributed by atoms with Crippen LogP contribution in [-0.2, 0) is 9.53 Å². The molecule has 1 atom stereocenters. The number of amides is 1. The maximum atomic E-state index is 12.1. The summed E-state index contributed by atoms with van der Waals surface area (Å²) in [6, 6.07) is 0. The van der Waals surface area contributed by atoms with Gasteiger partial charge in [0.25, 0.3) is 0 Å². The van der Waals surface area contributed by atoms with E-state index in [9.17, 15) is 9.90 Å². The number of hydrogen-bond acceptors (Lipinski definition) is 3. The fourth-order valence-corrected chi connectivity index (χ4v) is 2.96. The summed E-state index contributed by atoms with van der Waals surface area (Å²) in [5.74, 6) is 1.00. The Labute approximate surface area is 109 Å². The third-order valence-electron chi connectivity index (χ3n) is 4.33. The van der Waals surface area contributed by atoms with E-state index in [0.29, 0.717) is 18.3 Å². The molecule has 2 fully saturated rings. The summed E-state index contributed by atoms with van der Waals surface area (Å²) >= 11 is 0. The minimum absolute atomic E-state index is 0.264. The van der Waals surface area contributed by atoms with Crippen LogP contribution in [-0.4, -0.2) is 47.8 Å². The average Bonchev–Trinajstić information content (AvgIpc) is 2.81. The first-order chi connectivity index (χ1) is 8.47. The molecule has 0 aliphatic carbocycles. The van der Waals surface area contributed by atoms with E-state index in [1.807, 2.05) is 18.7 Å². The summed E-state index contributed by atoms with van der Waals surface area (Å²) in [4.78, 5) is 14.1. The van der Waals surface area contributed by atoms with Gasteiger partial charge in [-0.3, -0.25) is 4.79 Å². The molecule has 0 aromatic carbocycles. The molecule has 0 bridgehead atoms. The average molecular weight is 255 g/mol. The lowest BCUT2D eigenvalue weighted by atomic mass is 9.83. The Bertz CT molecular complexity index is 284. The Kier molecular flexibility index (Phi) is 4.28. The predicted octanol–water partition coefficient (Wildman–Crippen LogP) is 1.42. The minimum atomic E-state index is -0.617. The van der Waals surface area contributed by atoms with Gasteiger partial charge < -0.3 is 14.7 Å². The first-order valence-corrected chi connectivity index (χ1v) is 7.04. The van der Waals surface area contributed by atoms with Crippen LogP contribution in [0.25, 0.3) is 0 Å². The van der Waals surface area contributed by atoms with Gasteiger partial charge in [-0.15, -0.1) is 0 Å². The van der Waals surface area contributed by atoms with E-state index in [2.05, 4.69) is 0 Å². The van der Waals surface area contributed by atoms with Gasteiger partial charge in [0.15, 0.2) is 0 Å². The highest BCUT2D eigenvalue weighted by molar-refractivity contribution is 5.76. The van der Waals surface area contributed by atoms with Crippen molar-refractivity contribution in [2.75, 3.05) is 26.3 Å². The number of ether oxygens (including phenoxy) is 1. The minimum Gasteiger partial charge on any atom is -0.390 e. The van der Waals surface area contributed by atoms with E-state index in [-0.39, 0.29) is 5.91 Å². The van der Waals surface area contributed by atoms with Crippen LogP contribution in [0.15, 0.2) is 0 Å². The third kappa shape index (κ3) is 3.45. The molecule has 0 radical (unpaired) electrons. The topological polar surface area (TPSA) is 49.8 Å². The van der Waals surface area contributed by atoms with Gasteiger partial charge in [0.2, 0.25) is 5.91 Å². The second-order valence-corrected chi connectivity index (χ2v) is 6.24. The molecule has 18 heavy (non-hydrogen) atoms. The highest BCUT2D eigenvalue weighted by atomic mass is 16.5. The van der Waals surface area contributed by atoms with Crippen molar-refractivity contribution in [2.24, 2.45) is 11.8 Å². The normalized spacial score (nSPS) is 26.6. The Morgan fingerprint density at radius 1 is 1.33 bits per heavy atom. The molecule has 2 heterocycles. The zero-order valence-electron chi connectivity index (χ0n) is 11.5. The molecule has 1 amide bonds. The lowest BCUT2D eigenvalue weighted by Gasteiger charge is -2.38. The van der Waals surface area contributed by atoms with Gasteiger partial charge in [0.1, 0.15) is 0 Å². The maximum Gasteiger partial charge on any atom is 0.222 e. The number of nitrogens with zero attached hydrogens (tertiary/aromatic N) is 1. The summed E-state index contributed by atoms with van der Waals surface area (Å²) in [6.45, 7) is 6.86. The van der Waals surface area contributed by atoms with Gasteiger partial charge in [0.05, 0.1) is 5.60 Å². The van der Waals surface area contributed by atoms with Crippen molar-refractivity contribution in [1.29, 1.82) is 0 Å². The van der Waals surface area contributed by atoms with E-state index in [1.54, 1.807) is 0 Å². The molecule has 0 aromatic rings. The number of carbonyl (C=O) groups is 1. The molecule has 4 heteroatoms. The molecule has 2 aliphatic rings. The summed E-state index contributed by atoms with van der Waals surface area (Å²) in [5.41, 5.74) is -0.617. The summed E-state index contributed by atoms with van der Waals surface area (Å²) in [7, 11) is 0. The van der Waals surface area contributed by atoms with Crippen LogP contribution >= 0.6 is 0 Å². The Morgan fingerprint density at radius 2 is 2.00 bits per heavy atom. The molecular formula is C14H25NO3. The van der Waals surface area contributed by atoms with Crippen LogP contribution in [0, 0.1) is 11.8 Å². The molecule has 0 unspecified atom stereocenters. The van der Waals surface area contributed by atoms with Gasteiger partial charge in [0, 0.05) is 32.7 Å². The van der Waals surface area contributed by atoms with Crippen LogP contribution in [0.1, 0.15) is 39.5 Å². The van der Waals surface area contributed by atoms with Crippen molar-refractivity contribution < 1.29 is 14.6 Å². The van der Waals surface area contributed by atoms with Crippen LogP contribution < -0.4 is 0 Å². The van der Waals surface area contributed by atoms with Gasteiger partial charge in [-0.2, -0.15) is 0 Å². The van der Waals surface area contributed by atoms with E-state index in [1.165, 1.54) is 0 Å². The Balaban J connectivity index is 1.76. The van der Waals surface area contributed by atoms with Gasteiger partial charge in [-0.1, -0.05) is 0 Å². The SMILES string of the molecule is CC(C)(O)C1CCN(C(=O)C[C@@H]2CCOC2)CC1. The number of carbonyl (C=O) groups excluding carboxylic acids is 1. The zero-order valence-corrected chi connectivity index (χ0v) is 11.5. The second kappa shape index (κ2) is 5.57. The fourth-order valence-electron chi connectivity index (χ4n) is 2.96. The molecule has 0 saturated carbocycles. The first-order valence-electron chi connectivity index (χ1n) is 7.04. The van der Waals surface area contributed by atoms with Crippen molar-refractivity contribution in [3.8, 4) is 0 Å². The second-order valence-electron chi connectivity index (χ2n) is 6.24. The predicted molar refractivity (Wildman–Crippen MR) is 69.1 cm³/mol. The lowest BCUT2D eigenvalue weighted by molar-refractivity contribution is -0.135. The van der Waals surface area contributed by atoms with E-state index in [4.69, 9.17) is 4.74 Å². The molecule has 0 aromatic heterocycles. The van der Waals surface area contributed by atoms with Crippen LogP contribution in [0.5, 0.6) is 0 Å². The van der Waals surface area contributed by atoms with Crippen LogP contribution in [0.2, 0.25) is 0 Å². The largest absolute Gasteiger partial charge is 0.390 e. The standard InChI is InChI=1S/C14H25NO3/c1-14(2,17)12-3-6-15(7-4-12)13(16)9-11-5-8-18-10-11/h11-12,17H,3-10H2,1-2H3/t11-/m0/s1. The molecule has 4 nitrogen and oxygen atoms in total. The molecule has 2 aliphatic heterocycles. The maximum absolute atomic E-state index is 12.1. The highest BCUT2D eigenvalue weighted by Gasteiger charge is 2.32. The van der Waals surface area contributed by atoms with Gasteiger partial charge in [-0.25, -0.2) is 0 Å².